The fourth-order valence-corrected chi connectivity index (χ4v) is 3.07. The van der Waals surface area contributed by atoms with Gasteiger partial charge in [-0.05, 0) is 31.1 Å². The summed E-state index contributed by atoms with van der Waals surface area (Å²) >= 11 is 1.75. The summed E-state index contributed by atoms with van der Waals surface area (Å²) in [6.45, 7) is 2.73. The zero-order chi connectivity index (χ0) is 14.2. The molecule has 0 aliphatic carbocycles. The minimum absolute atomic E-state index is 0.0473. The molecule has 1 aliphatic heterocycles. The number of hydrogen-bond donors (Lipinski definition) is 2. The van der Waals surface area contributed by atoms with Crippen molar-refractivity contribution in [1.29, 1.82) is 0 Å². The number of benzene rings is 1. The van der Waals surface area contributed by atoms with Crippen molar-refractivity contribution < 1.29 is 4.79 Å². The largest absolute Gasteiger partial charge is 0.338 e. The zero-order valence-corrected chi connectivity index (χ0v) is 12.8. The first-order valence-electron chi connectivity index (χ1n) is 7.15. The number of amides is 2. The lowest BCUT2D eigenvalue weighted by Gasteiger charge is -2.31. The monoisotopic (exact) mass is 293 g/mol. The van der Waals surface area contributed by atoms with Crippen molar-refractivity contribution in [3.8, 4) is 0 Å². The topological polar surface area (TPSA) is 44.4 Å². The Kier molecular flexibility index (Phi) is 6.21. The molecule has 0 radical (unpaired) electrons. The average molecular weight is 293 g/mol. The predicted molar refractivity (Wildman–Crippen MR) is 84.8 cm³/mol. The molecule has 2 rings (SSSR count). The standard InChI is InChI=1S/C15H23N3OS/c1-20-18-11-5-8-14(12-18)17-15(19)16-10-9-13-6-3-2-4-7-13/h2-4,6-7,14H,5,8-12H2,1H3,(H2,16,17,19). The Morgan fingerprint density at radius 2 is 2.20 bits per heavy atom. The zero-order valence-electron chi connectivity index (χ0n) is 12.0. The smallest absolute Gasteiger partial charge is 0.315 e. The summed E-state index contributed by atoms with van der Waals surface area (Å²) in [5.74, 6) is 0. The Labute approximate surface area is 125 Å². The molecule has 2 amide bonds. The number of urea groups is 1. The third kappa shape index (κ3) is 5.06. The van der Waals surface area contributed by atoms with Crippen LogP contribution in [-0.4, -0.2) is 42.3 Å². The van der Waals surface area contributed by atoms with Gasteiger partial charge in [0.1, 0.15) is 0 Å². The van der Waals surface area contributed by atoms with Crippen LogP contribution in [0.5, 0.6) is 0 Å². The van der Waals surface area contributed by atoms with Crippen molar-refractivity contribution in [1.82, 2.24) is 14.9 Å². The van der Waals surface area contributed by atoms with Crippen molar-refractivity contribution in [2.75, 3.05) is 25.9 Å². The highest BCUT2D eigenvalue weighted by molar-refractivity contribution is 7.96. The van der Waals surface area contributed by atoms with Crippen LogP contribution in [0, 0.1) is 0 Å². The maximum atomic E-state index is 11.8. The summed E-state index contributed by atoms with van der Waals surface area (Å²) in [6.07, 6.45) is 5.18. The van der Waals surface area contributed by atoms with Crippen molar-refractivity contribution >= 4 is 18.0 Å². The molecule has 1 aromatic rings. The quantitative estimate of drug-likeness (QED) is 0.819. The molecule has 1 aromatic carbocycles. The van der Waals surface area contributed by atoms with Gasteiger partial charge in [-0.1, -0.05) is 42.3 Å². The van der Waals surface area contributed by atoms with Gasteiger partial charge in [0.05, 0.1) is 0 Å². The Bertz CT molecular complexity index is 413. The maximum absolute atomic E-state index is 11.8. The molecule has 4 nitrogen and oxygen atoms in total. The summed E-state index contributed by atoms with van der Waals surface area (Å²) in [7, 11) is 0. The normalized spacial score (nSPS) is 19.6. The highest BCUT2D eigenvalue weighted by Gasteiger charge is 2.20. The van der Waals surface area contributed by atoms with E-state index in [1.165, 1.54) is 5.56 Å². The number of rotatable bonds is 5. The Balaban J connectivity index is 1.65. The van der Waals surface area contributed by atoms with Crippen LogP contribution < -0.4 is 10.6 Å². The first-order chi connectivity index (χ1) is 9.78. The summed E-state index contributed by atoms with van der Waals surface area (Å²) in [6, 6.07) is 10.4. The van der Waals surface area contributed by atoms with Crippen LogP contribution in [0.1, 0.15) is 18.4 Å². The number of piperidine rings is 1. The molecule has 1 saturated heterocycles. The molecule has 0 saturated carbocycles. The highest BCUT2D eigenvalue weighted by atomic mass is 32.2. The van der Waals surface area contributed by atoms with Crippen LogP contribution in [0.25, 0.3) is 0 Å². The first kappa shape index (κ1) is 15.2. The summed E-state index contributed by atoms with van der Waals surface area (Å²) in [5.41, 5.74) is 1.25. The van der Waals surface area contributed by atoms with Gasteiger partial charge in [0, 0.05) is 25.7 Å². The number of carbonyl (C=O) groups is 1. The predicted octanol–water partition coefficient (Wildman–Crippen LogP) is 2.27. The van der Waals surface area contributed by atoms with Crippen molar-refractivity contribution in [3.05, 3.63) is 35.9 Å². The molecule has 20 heavy (non-hydrogen) atoms. The van der Waals surface area contributed by atoms with Gasteiger partial charge in [-0.3, -0.25) is 0 Å². The van der Waals surface area contributed by atoms with E-state index in [-0.39, 0.29) is 12.1 Å². The summed E-state index contributed by atoms with van der Waals surface area (Å²) in [4.78, 5) is 11.8. The van der Waals surface area contributed by atoms with Crippen LogP contribution in [0.3, 0.4) is 0 Å². The molecule has 5 heteroatoms. The van der Waals surface area contributed by atoms with Crippen LogP contribution in [0.15, 0.2) is 30.3 Å². The third-order valence-corrected chi connectivity index (χ3v) is 4.37. The lowest BCUT2D eigenvalue weighted by molar-refractivity contribution is 0.228. The fourth-order valence-electron chi connectivity index (χ4n) is 2.43. The van der Waals surface area contributed by atoms with Gasteiger partial charge in [-0.25, -0.2) is 9.10 Å². The second-order valence-corrected chi connectivity index (χ2v) is 5.93. The van der Waals surface area contributed by atoms with Crippen LogP contribution in [0.2, 0.25) is 0 Å². The average Bonchev–Trinajstić information content (AvgIpc) is 2.48. The van der Waals surface area contributed by atoms with Gasteiger partial charge in [0.15, 0.2) is 0 Å². The van der Waals surface area contributed by atoms with E-state index in [4.69, 9.17) is 0 Å². The van der Waals surface area contributed by atoms with E-state index in [0.29, 0.717) is 6.54 Å². The van der Waals surface area contributed by atoms with E-state index in [9.17, 15) is 4.79 Å². The fraction of sp³-hybridized carbons (Fsp3) is 0.533. The maximum Gasteiger partial charge on any atom is 0.315 e. The molecule has 1 fully saturated rings. The minimum atomic E-state index is -0.0473. The van der Waals surface area contributed by atoms with Gasteiger partial charge in [0.2, 0.25) is 0 Å². The molecule has 0 bridgehead atoms. The molecule has 1 unspecified atom stereocenters. The third-order valence-electron chi connectivity index (χ3n) is 3.52. The lowest BCUT2D eigenvalue weighted by Crippen LogP contribution is -2.49. The Hall–Kier alpha value is -1.20. The van der Waals surface area contributed by atoms with E-state index in [2.05, 4.69) is 33.3 Å². The molecule has 2 N–H and O–H groups in total. The minimum Gasteiger partial charge on any atom is -0.338 e. The van der Waals surface area contributed by atoms with Gasteiger partial charge in [-0.2, -0.15) is 0 Å². The molecule has 0 aromatic heterocycles. The molecule has 1 heterocycles. The van der Waals surface area contributed by atoms with Gasteiger partial charge < -0.3 is 10.6 Å². The SMILES string of the molecule is CSN1CCCC(NC(=O)NCCc2ccccc2)C1. The molecule has 0 spiro atoms. The number of hydrogen-bond acceptors (Lipinski definition) is 3. The molecular weight excluding hydrogens is 270 g/mol. The van der Waals surface area contributed by atoms with E-state index in [1.807, 2.05) is 18.2 Å². The summed E-state index contributed by atoms with van der Waals surface area (Å²) in [5, 5.41) is 6.00. The summed E-state index contributed by atoms with van der Waals surface area (Å²) < 4.78 is 2.30. The lowest BCUT2D eigenvalue weighted by atomic mass is 10.1. The number of nitrogens with zero attached hydrogens (tertiary/aromatic N) is 1. The number of carbonyl (C=O) groups excluding carboxylic acids is 1. The van der Waals surface area contributed by atoms with Gasteiger partial charge in [0.25, 0.3) is 0 Å². The second-order valence-electron chi connectivity index (χ2n) is 5.05. The first-order valence-corrected chi connectivity index (χ1v) is 8.33. The second kappa shape index (κ2) is 8.17. The van der Waals surface area contributed by atoms with E-state index in [1.54, 1.807) is 11.9 Å². The number of nitrogens with one attached hydrogen (secondary N) is 2. The van der Waals surface area contributed by atoms with Crippen molar-refractivity contribution in [2.24, 2.45) is 0 Å². The van der Waals surface area contributed by atoms with Crippen LogP contribution in [-0.2, 0) is 6.42 Å². The highest BCUT2D eigenvalue weighted by Crippen LogP contribution is 2.15. The van der Waals surface area contributed by atoms with E-state index in [0.717, 1.165) is 32.4 Å². The Morgan fingerprint density at radius 1 is 1.40 bits per heavy atom. The molecular formula is C15H23N3OS. The van der Waals surface area contributed by atoms with Crippen molar-refractivity contribution in [2.45, 2.75) is 25.3 Å². The van der Waals surface area contributed by atoms with Gasteiger partial charge >= 0.3 is 6.03 Å². The molecule has 1 aliphatic rings. The molecule has 110 valence electrons. The van der Waals surface area contributed by atoms with Gasteiger partial charge in [-0.15, -0.1) is 0 Å². The van der Waals surface area contributed by atoms with Crippen LogP contribution >= 0.6 is 11.9 Å². The van der Waals surface area contributed by atoms with Crippen LogP contribution in [0.4, 0.5) is 4.79 Å². The molecule has 1 atom stereocenters. The van der Waals surface area contributed by atoms with Crippen molar-refractivity contribution in [3.63, 3.8) is 0 Å². The van der Waals surface area contributed by atoms with E-state index >= 15 is 0 Å². The van der Waals surface area contributed by atoms with E-state index < -0.39 is 0 Å². The Morgan fingerprint density at radius 3 is 2.95 bits per heavy atom.